The summed E-state index contributed by atoms with van der Waals surface area (Å²) in [5, 5.41) is 11.7. The summed E-state index contributed by atoms with van der Waals surface area (Å²) in [5.74, 6) is -4.55. The van der Waals surface area contributed by atoms with Gasteiger partial charge in [-0.1, -0.05) is 17.7 Å². The monoisotopic (exact) mass is 327 g/mol. The molecule has 1 aromatic rings. The van der Waals surface area contributed by atoms with E-state index in [1.807, 2.05) is 0 Å². The maximum absolute atomic E-state index is 13.3. The van der Waals surface area contributed by atoms with E-state index < -0.39 is 43.2 Å². The van der Waals surface area contributed by atoms with Gasteiger partial charge in [-0.05, 0) is 18.2 Å². The molecule has 0 radical (unpaired) electrons. The molecule has 1 atom stereocenters. The Morgan fingerprint density at radius 1 is 1.50 bits per heavy atom. The third-order valence-electron chi connectivity index (χ3n) is 3.16. The molecule has 2 amide bonds. The standard InChI is InChI=1S/C14H12ClF2N3O2/c15-9-2-1-3-10(4-9)19-12(21)5-13(22)20-8-14(16,17)6-11(20)7-18/h1-4,11H,5-6,8H2,(H,19,21)/t11-/m0/s1. The number of rotatable bonds is 3. The van der Waals surface area contributed by atoms with Crippen LogP contribution in [0.15, 0.2) is 24.3 Å². The van der Waals surface area contributed by atoms with Crippen LogP contribution in [0.5, 0.6) is 0 Å². The summed E-state index contributed by atoms with van der Waals surface area (Å²) in [6, 6.07) is 6.76. The number of carbonyl (C=O) groups excluding carboxylic acids is 2. The Kier molecular flexibility index (Phi) is 4.62. The van der Waals surface area contributed by atoms with Crippen LogP contribution in [0.4, 0.5) is 14.5 Å². The molecule has 1 fully saturated rings. The highest BCUT2D eigenvalue weighted by Crippen LogP contribution is 2.32. The van der Waals surface area contributed by atoms with Crippen molar-refractivity contribution >= 4 is 29.1 Å². The summed E-state index contributed by atoms with van der Waals surface area (Å²) < 4.78 is 26.5. The van der Waals surface area contributed by atoms with E-state index in [2.05, 4.69) is 5.32 Å². The summed E-state index contributed by atoms with van der Waals surface area (Å²) in [7, 11) is 0. The molecular formula is C14H12ClF2N3O2. The van der Waals surface area contributed by atoms with E-state index in [9.17, 15) is 18.4 Å². The van der Waals surface area contributed by atoms with Gasteiger partial charge in [-0.25, -0.2) is 8.78 Å². The SMILES string of the molecule is N#C[C@@H]1CC(F)(F)CN1C(=O)CC(=O)Nc1cccc(Cl)c1. The van der Waals surface area contributed by atoms with Crippen molar-refractivity contribution in [3.63, 3.8) is 0 Å². The van der Waals surface area contributed by atoms with Crippen molar-refractivity contribution in [2.24, 2.45) is 0 Å². The minimum atomic E-state index is -3.10. The quantitative estimate of drug-likeness (QED) is 0.866. The van der Waals surface area contributed by atoms with E-state index >= 15 is 0 Å². The van der Waals surface area contributed by atoms with Gasteiger partial charge in [0.15, 0.2) is 0 Å². The number of alkyl halides is 2. The lowest BCUT2D eigenvalue weighted by Crippen LogP contribution is -2.37. The number of carbonyl (C=O) groups is 2. The van der Waals surface area contributed by atoms with Gasteiger partial charge in [0.05, 0.1) is 12.6 Å². The first-order valence-corrected chi connectivity index (χ1v) is 6.81. The molecule has 0 aliphatic carbocycles. The van der Waals surface area contributed by atoms with E-state index in [-0.39, 0.29) is 0 Å². The highest BCUT2D eigenvalue weighted by atomic mass is 35.5. The van der Waals surface area contributed by atoms with Crippen molar-refractivity contribution in [2.45, 2.75) is 24.8 Å². The van der Waals surface area contributed by atoms with E-state index in [1.165, 1.54) is 6.07 Å². The summed E-state index contributed by atoms with van der Waals surface area (Å²) in [6.45, 7) is -0.839. The summed E-state index contributed by atoms with van der Waals surface area (Å²) in [6.07, 6.45) is -1.31. The second kappa shape index (κ2) is 6.28. The molecule has 0 unspecified atom stereocenters. The normalized spacial score (nSPS) is 19.5. The first-order valence-electron chi connectivity index (χ1n) is 6.43. The number of likely N-dealkylation sites (tertiary alicyclic amines) is 1. The summed E-state index contributed by atoms with van der Waals surface area (Å²) in [5.41, 5.74) is 0.397. The molecule has 5 nitrogen and oxygen atoms in total. The Hall–Kier alpha value is -2.20. The molecule has 0 aromatic heterocycles. The van der Waals surface area contributed by atoms with Crippen LogP contribution in [0.1, 0.15) is 12.8 Å². The van der Waals surface area contributed by atoms with Crippen LogP contribution in [0.2, 0.25) is 5.02 Å². The van der Waals surface area contributed by atoms with Gasteiger partial charge in [0.1, 0.15) is 12.5 Å². The van der Waals surface area contributed by atoms with Gasteiger partial charge in [0.25, 0.3) is 5.92 Å². The molecule has 1 saturated heterocycles. The molecular weight excluding hydrogens is 316 g/mol. The number of anilines is 1. The molecule has 8 heteroatoms. The van der Waals surface area contributed by atoms with Gasteiger partial charge < -0.3 is 10.2 Å². The minimum absolute atomic E-state index is 0.397. The molecule has 1 heterocycles. The first kappa shape index (κ1) is 16.2. The molecule has 0 saturated carbocycles. The zero-order valence-corrected chi connectivity index (χ0v) is 12.1. The highest BCUT2D eigenvalue weighted by Gasteiger charge is 2.47. The van der Waals surface area contributed by atoms with Crippen LogP contribution in [-0.2, 0) is 9.59 Å². The van der Waals surface area contributed by atoms with Gasteiger partial charge in [-0.2, -0.15) is 5.26 Å². The molecule has 0 bridgehead atoms. The lowest BCUT2D eigenvalue weighted by atomic mass is 10.2. The Morgan fingerprint density at radius 3 is 2.86 bits per heavy atom. The van der Waals surface area contributed by atoms with E-state index in [1.54, 1.807) is 24.3 Å². The van der Waals surface area contributed by atoms with E-state index in [0.29, 0.717) is 10.7 Å². The lowest BCUT2D eigenvalue weighted by molar-refractivity contribution is -0.135. The van der Waals surface area contributed by atoms with Crippen molar-refractivity contribution in [1.29, 1.82) is 5.26 Å². The summed E-state index contributed by atoms with van der Waals surface area (Å²) >= 11 is 5.76. The maximum Gasteiger partial charge on any atom is 0.268 e. The molecule has 0 spiro atoms. The number of amides is 2. The van der Waals surface area contributed by atoms with Crippen LogP contribution in [0, 0.1) is 11.3 Å². The fraction of sp³-hybridized carbons (Fsp3) is 0.357. The fourth-order valence-corrected chi connectivity index (χ4v) is 2.39. The van der Waals surface area contributed by atoms with Crippen molar-refractivity contribution < 1.29 is 18.4 Å². The molecule has 1 N–H and O–H groups in total. The van der Waals surface area contributed by atoms with Gasteiger partial charge in [0, 0.05) is 17.1 Å². The fourth-order valence-electron chi connectivity index (χ4n) is 2.20. The predicted molar refractivity (Wildman–Crippen MR) is 75.4 cm³/mol. The third kappa shape index (κ3) is 3.92. The molecule has 2 rings (SSSR count). The summed E-state index contributed by atoms with van der Waals surface area (Å²) in [4.78, 5) is 24.4. The Morgan fingerprint density at radius 2 is 2.23 bits per heavy atom. The predicted octanol–water partition coefficient (Wildman–Crippen LogP) is 2.43. The minimum Gasteiger partial charge on any atom is -0.326 e. The third-order valence-corrected chi connectivity index (χ3v) is 3.39. The number of nitrogens with zero attached hydrogens (tertiary/aromatic N) is 2. The second-order valence-corrected chi connectivity index (χ2v) is 5.40. The van der Waals surface area contributed by atoms with Crippen LogP contribution in [0.25, 0.3) is 0 Å². The van der Waals surface area contributed by atoms with Crippen molar-refractivity contribution in [3.05, 3.63) is 29.3 Å². The smallest absolute Gasteiger partial charge is 0.268 e. The van der Waals surface area contributed by atoms with Crippen molar-refractivity contribution in [1.82, 2.24) is 4.90 Å². The molecule has 1 aromatic carbocycles. The Balaban J connectivity index is 1.97. The average molecular weight is 328 g/mol. The average Bonchev–Trinajstić information content (AvgIpc) is 2.74. The van der Waals surface area contributed by atoms with E-state index in [4.69, 9.17) is 16.9 Å². The van der Waals surface area contributed by atoms with Crippen molar-refractivity contribution in [2.75, 3.05) is 11.9 Å². The molecule has 22 heavy (non-hydrogen) atoms. The van der Waals surface area contributed by atoms with Gasteiger partial charge >= 0.3 is 0 Å². The Bertz CT molecular complexity index is 645. The number of nitriles is 1. The number of hydrogen-bond donors (Lipinski definition) is 1. The van der Waals surface area contributed by atoms with Gasteiger partial charge in [-0.15, -0.1) is 0 Å². The van der Waals surface area contributed by atoms with Crippen LogP contribution >= 0.6 is 11.6 Å². The largest absolute Gasteiger partial charge is 0.326 e. The number of benzene rings is 1. The lowest BCUT2D eigenvalue weighted by Gasteiger charge is -2.18. The number of nitrogens with one attached hydrogen (secondary N) is 1. The van der Waals surface area contributed by atoms with Crippen LogP contribution in [-0.4, -0.2) is 35.2 Å². The zero-order valence-electron chi connectivity index (χ0n) is 11.4. The topological polar surface area (TPSA) is 73.2 Å². The second-order valence-electron chi connectivity index (χ2n) is 4.96. The maximum atomic E-state index is 13.3. The number of halogens is 3. The highest BCUT2D eigenvalue weighted by molar-refractivity contribution is 6.30. The van der Waals surface area contributed by atoms with Crippen LogP contribution < -0.4 is 5.32 Å². The van der Waals surface area contributed by atoms with Crippen molar-refractivity contribution in [3.8, 4) is 6.07 Å². The molecule has 116 valence electrons. The Labute approximate surface area is 130 Å². The van der Waals surface area contributed by atoms with Gasteiger partial charge in [0.2, 0.25) is 11.8 Å². The molecule has 1 aliphatic heterocycles. The molecule has 1 aliphatic rings. The van der Waals surface area contributed by atoms with Gasteiger partial charge in [-0.3, -0.25) is 9.59 Å². The number of hydrogen-bond acceptors (Lipinski definition) is 3. The first-order chi connectivity index (χ1) is 10.3. The van der Waals surface area contributed by atoms with E-state index in [0.717, 1.165) is 4.90 Å². The zero-order chi connectivity index (χ0) is 16.3. The van der Waals surface area contributed by atoms with Crippen LogP contribution in [0.3, 0.4) is 0 Å².